The van der Waals surface area contributed by atoms with E-state index in [9.17, 15) is 0 Å². The van der Waals surface area contributed by atoms with E-state index < -0.39 is 6.37 Å². The topological polar surface area (TPSA) is 38.9 Å². The lowest BCUT2D eigenvalue weighted by atomic mass is 9.79. The van der Waals surface area contributed by atoms with Crippen molar-refractivity contribution in [3.8, 4) is 11.3 Å². The van der Waals surface area contributed by atoms with Gasteiger partial charge in [-0.25, -0.2) is 0 Å². The fourth-order valence-electron chi connectivity index (χ4n) is 5.34. The normalized spacial score (nSPS) is 16.2. The zero-order valence-electron chi connectivity index (χ0n) is 21.7. The lowest BCUT2D eigenvalue weighted by Gasteiger charge is -2.26. The Balaban J connectivity index is 1.56. The molecule has 0 atom stereocenters. The summed E-state index contributed by atoms with van der Waals surface area (Å²) in [6, 6.07) is 22.2. The molecule has 0 bridgehead atoms. The molecule has 0 radical (unpaired) electrons. The zero-order chi connectivity index (χ0) is 24.9. The molecule has 3 heterocycles. The van der Waals surface area contributed by atoms with E-state index in [4.69, 9.17) is 12.1 Å². The number of hydrogen-bond donors (Lipinski definition) is 0. The molecule has 3 heteroatoms. The van der Waals surface area contributed by atoms with Crippen molar-refractivity contribution in [2.75, 3.05) is 0 Å². The Hall–Kier alpha value is -3.46. The van der Waals surface area contributed by atoms with Crippen LogP contribution in [0.2, 0.25) is 0 Å². The highest BCUT2D eigenvalue weighted by Crippen LogP contribution is 2.42. The first-order valence-corrected chi connectivity index (χ1v) is 12.2. The summed E-state index contributed by atoms with van der Waals surface area (Å²) in [6.07, 6.45) is 6.25. The van der Waals surface area contributed by atoms with Crippen LogP contribution in [0.3, 0.4) is 0 Å². The van der Waals surface area contributed by atoms with Gasteiger partial charge < -0.3 is 4.42 Å². The summed E-state index contributed by atoms with van der Waals surface area (Å²) >= 11 is 0. The second kappa shape index (κ2) is 8.39. The molecule has 1 aliphatic carbocycles. The molecular formula is C31H30N2O. The lowest BCUT2D eigenvalue weighted by Crippen LogP contribution is -2.21. The van der Waals surface area contributed by atoms with Crippen LogP contribution >= 0.6 is 0 Å². The van der Waals surface area contributed by atoms with Crippen molar-refractivity contribution < 1.29 is 7.16 Å². The number of aromatic nitrogens is 2. The number of pyridine rings is 2. The Bertz CT molecular complexity index is 1550. The summed E-state index contributed by atoms with van der Waals surface area (Å²) in [7, 11) is 0. The highest BCUT2D eigenvalue weighted by Gasteiger charge is 2.30. The van der Waals surface area contributed by atoms with E-state index in [-0.39, 0.29) is 11.3 Å². The fraction of sp³-hybridized carbons (Fsp3) is 0.290. The van der Waals surface area contributed by atoms with E-state index >= 15 is 0 Å². The van der Waals surface area contributed by atoms with Crippen LogP contribution in [-0.4, -0.2) is 9.97 Å². The SMILES string of the molecule is [2H]C([2H])(c1ccnc(-c2cnc(C(C)(C)c3ccccc3)c3c2oc2ccccc23)c1)C1CCCC1. The quantitative estimate of drug-likeness (QED) is 0.273. The minimum Gasteiger partial charge on any atom is -0.455 e. The van der Waals surface area contributed by atoms with Crippen molar-refractivity contribution in [1.29, 1.82) is 0 Å². The molecule has 3 nitrogen and oxygen atoms in total. The molecule has 2 aromatic carbocycles. The summed E-state index contributed by atoms with van der Waals surface area (Å²) in [5.74, 6) is 0.0474. The highest BCUT2D eigenvalue weighted by atomic mass is 16.3. The molecule has 3 aromatic heterocycles. The van der Waals surface area contributed by atoms with Gasteiger partial charge in [0.2, 0.25) is 0 Å². The van der Waals surface area contributed by atoms with Crippen molar-refractivity contribution in [3.63, 3.8) is 0 Å². The van der Waals surface area contributed by atoms with Crippen LogP contribution in [0.4, 0.5) is 0 Å². The number of benzene rings is 2. The van der Waals surface area contributed by atoms with E-state index in [2.05, 4.69) is 49.2 Å². The van der Waals surface area contributed by atoms with Gasteiger partial charge in [0.05, 0.1) is 22.3 Å². The lowest BCUT2D eigenvalue weighted by molar-refractivity contribution is 0.546. The smallest absolute Gasteiger partial charge is 0.148 e. The van der Waals surface area contributed by atoms with Crippen LogP contribution in [-0.2, 0) is 11.8 Å². The maximum Gasteiger partial charge on any atom is 0.148 e. The third kappa shape index (κ3) is 3.60. The van der Waals surface area contributed by atoms with Crippen LogP contribution in [0, 0.1) is 5.92 Å². The van der Waals surface area contributed by atoms with Crippen molar-refractivity contribution >= 4 is 21.9 Å². The van der Waals surface area contributed by atoms with Crippen LogP contribution < -0.4 is 0 Å². The minimum absolute atomic E-state index is 0.0474. The summed E-state index contributed by atoms with van der Waals surface area (Å²) < 4.78 is 24.2. The predicted molar refractivity (Wildman–Crippen MR) is 139 cm³/mol. The van der Waals surface area contributed by atoms with Crippen molar-refractivity contribution in [3.05, 3.63) is 95.9 Å². The fourth-order valence-corrected chi connectivity index (χ4v) is 5.34. The maximum absolute atomic E-state index is 8.89. The second-order valence-electron chi connectivity index (χ2n) is 9.87. The first-order chi connectivity index (χ1) is 17.4. The molecule has 0 N–H and O–H groups in total. The van der Waals surface area contributed by atoms with Crippen molar-refractivity contribution in [1.82, 2.24) is 9.97 Å². The maximum atomic E-state index is 8.89. The van der Waals surface area contributed by atoms with Gasteiger partial charge in [-0.3, -0.25) is 9.97 Å². The number of hydrogen-bond acceptors (Lipinski definition) is 3. The standard InChI is InChI=1S/C31H30N2O/c1-31(2,23-12-4-3-5-13-23)30-28-24-14-8-9-15-27(24)34-29(28)25(20-33-30)26-19-22(16-17-32-26)18-21-10-6-7-11-21/h3-5,8-9,12-17,19-21H,6-7,10-11,18H2,1-2H3/i18D2. The van der Waals surface area contributed by atoms with Gasteiger partial charge >= 0.3 is 0 Å². The number of rotatable bonds is 5. The van der Waals surface area contributed by atoms with E-state index in [1.807, 2.05) is 42.6 Å². The van der Waals surface area contributed by atoms with E-state index in [0.29, 0.717) is 11.3 Å². The largest absolute Gasteiger partial charge is 0.455 e. The Labute approximate surface area is 203 Å². The third-order valence-electron chi connectivity index (χ3n) is 7.25. The molecule has 34 heavy (non-hydrogen) atoms. The van der Waals surface area contributed by atoms with Crippen molar-refractivity contribution in [2.45, 2.75) is 51.3 Å². The molecule has 1 fully saturated rings. The molecular weight excluding hydrogens is 416 g/mol. The average Bonchev–Trinajstić information content (AvgIpc) is 3.58. The molecule has 0 unspecified atom stereocenters. The molecule has 170 valence electrons. The Morgan fingerprint density at radius 1 is 0.971 bits per heavy atom. The summed E-state index contributed by atoms with van der Waals surface area (Å²) in [4.78, 5) is 9.68. The Morgan fingerprint density at radius 2 is 1.74 bits per heavy atom. The van der Waals surface area contributed by atoms with Gasteiger partial charge in [-0.15, -0.1) is 0 Å². The van der Waals surface area contributed by atoms with Crippen LogP contribution in [0.1, 0.15) is 59.1 Å². The third-order valence-corrected chi connectivity index (χ3v) is 7.25. The second-order valence-corrected chi connectivity index (χ2v) is 9.87. The van der Waals surface area contributed by atoms with E-state index in [0.717, 1.165) is 58.9 Å². The van der Waals surface area contributed by atoms with Gasteiger partial charge in [-0.1, -0.05) is 88.1 Å². The molecule has 6 rings (SSSR count). The molecule has 1 saturated carbocycles. The zero-order valence-corrected chi connectivity index (χ0v) is 19.7. The number of nitrogens with zero attached hydrogens (tertiary/aromatic N) is 2. The monoisotopic (exact) mass is 448 g/mol. The molecule has 1 aliphatic rings. The van der Waals surface area contributed by atoms with Gasteiger partial charge in [0.15, 0.2) is 0 Å². The average molecular weight is 449 g/mol. The minimum atomic E-state index is -1.39. The first-order valence-electron chi connectivity index (χ1n) is 13.2. The molecule has 0 amide bonds. The summed E-state index contributed by atoms with van der Waals surface area (Å²) in [5, 5.41) is 2.02. The Morgan fingerprint density at radius 3 is 2.56 bits per heavy atom. The van der Waals surface area contributed by atoms with Gasteiger partial charge in [0, 0.05) is 25.9 Å². The predicted octanol–water partition coefficient (Wildman–Crippen LogP) is 8.10. The summed E-state index contributed by atoms with van der Waals surface area (Å²) in [6.45, 7) is 4.39. The molecule has 0 saturated heterocycles. The van der Waals surface area contributed by atoms with Crippen LogP contribution in [0.25, 0.3) is 33.2 Å². The number of fused-ring (bicyclic) bond motifs is 3. The first kappa shape index (κ1) is 18.9. The van der Waals surface area contributed by atoms with Gasteiger partial charge in [0.25, 0.3) is 0 Å². The Kier molecular flexibility index (Phi) is 4.67. The van der Waals surface area contributed by atoms with E-state index in [1.165, 1.54) is 5.56 Å². The highest BCUT2D eigenvalue weighted by molar-refractivity contribution is 6.10. The number of para-hydroxylation sites is 1. The molecule has 0 spiro atoms. The number of furan rings is 1. The van der Waals surface area contributed by atoms with Crippen LogP contribution in [0.15, 0.2) is 83.5 Å². The molecule has 0 aliphatic heterocycles. The van der Waals surface area contributed by atoms with Crippen LogP contribution in [0.5, 0.6) is 0 Å². The van der Waals surface area contributed by atoms with Crippen molar-refractivity contribution in [2.24, 2.45) is 5.92 Å². The summed E-state index contributed by atoms with van der Waals surface area (Å²) in [5.41, 5.74) is 5.50. The van der Waals surface area contributed by atoms with Gasteiger partial charge in [-0.2, -0.15) is 0 Å². The molecule has 5 aromatic rings. The van der Waals surface area contributed by atoms with E-state index in [1.54, 1.807) is 6.20 Å². The van der Waals surface area contributed by atoms with Gasteiger partial charge in [0.1, 0.15) is 11.2 Å². The van der Waals surface area contributed by atoms with Gasteiger partial charge in [-0.05, 0) is 41.6 Å².